The molecule has 2 aromatic rings. The molecule has 0 amide bonds. The molecule has 1 heterocycles. The zero-order valence-corrected chi connectivity index (χ0v) is 17.8. The average Bonchev–Trinajstić information content (AvgIpc) is 2.79. The number of rotatable bonds is 8. The highest BCUT2D eigenvalue weighted by molar-refractivity contribution is 5.96. The van der Waals surface area contributed by atoms with E-state index in [1.54, 1.807) is 30.3 Å². The number of guanidine groups is 1. The number of aliphatic imine (C=N–C) groups is 1. The van der Waals surface area contributed by atoms with Gasteiger partial charge in [-0.05, 0) is 55.8 Å². The summed E-state index contributed by atoms with van der Waals surface area (Å²) >= 11 is 0. The molecule has 166 valence electrons. The maximum atomic E-state index is 13.2. The number of nitrogens with one attached hydrogen (secondary N) is 1. The molecule has 0 spiro atoms. The van der Waals surface area contributed by atoms with Crippen molar-refractivity contribution in [3.05, 3.63) is 59.9 Å². The second kappa shape index (κ2) is 11.3. The molecule has 0 bridgehead atoms. The van der Waals surface area contributed by atoms with Crippen molar-refractivity contribution < 1.29 is 19.0 Å². The van der Waals surface area contributed by atoms with Crippen LogP contribution in [0.1, 0.15) is 23.7 Å². The molecular formula is C23H29FN4O3. The Labute approximate surface area is 182 Å². The van der Waals surface area contributed by atoms with Crippen molar-refractivity contribution in [3.63, 3.8) is 0 Å². The lowest BCUT2D eigenvalue weighted by Crippen LogP contribution is -2.50. The number of carboxylic acids is 1. The Hall–Kier alpha value is -3.13. The average molecular weight is 429 g/mol. The number of nitrogens with zero attached hydrogens (tertiary/aromatic N) is 3. The summed E-state index contributed by atoms with van der Waals surface area (Å²) in [6, 6.07) is 13.3. The second-order valence-electron chi connectivity index (χ2n) is 7.22. The number of hydrogen-bond donors (Lipinski definition) is 2. The fraction of sp³-hybridized carbons (Fsp3) is 0.391. The monoisotopic (exact) mass is 428 g/mol. The zero-order valence-electron chi connectivity index (χ0n) is 17.8. The third kappa shape index (κ3) is 6.68. The number of carbonyl (C=O) groups is 1. The van der Waals surface area contributed by atoms with Gasteiger partial charge >= 0.3 is 5.97 Å². The highest BCUT2D eigenvalue weighted by atomic mass is 19.1. The minimum Gasteiger partial charge on any atom is -0.478 e. The first-order valence-electron chi connectivity index (χ1n) is 10.5. The molecule has 2 N–H and O–H groups in total. The number of hydrogen-bond acceptors (Lipinski definition) is 4. The molecular weight excluding hydrogens is 399 g/mol. The smallest absolute Gasteiger partial charge is 0.335 e. The molecule has 0 aromatic heterocycles. The molecule has 0 saturated carbocycles. The highest BCUT2D eigenvalue weighted by Gasteiger charge is 2.20. The van der Waals surface area contributed by atoms with Gasteiger partial charge < -0.3 is 25.0 Å². The van der Waals surface area contributed by atoms with E-state index in [2.05, 4.69) is 15.1 Å². The molecule has 7 nitrogen and oxygen atoms in total. The van der Waals surface area contributed by atoms with Crippen molar-refractivity contribution in [2.75, 3.05) is 56.2 Å². The zero-order chi connectivity index (χ0) is 22.1. The van der Waals surface area contributed by atoms with Crippen LogP contribution in [0, 0.1) is 5.82 Å². The van der Waals surface area contributed by atoms with Crippen molar-refractivity contribution in [2.24, 2.45) is 4.99 Å². The summed E-state index contributed by atoms with van der Waals surface area (Å²) in [7, 11) is 0. The maximum Gasteiger partial charge on any atom is 0.335 e. The number of aromatic carboxylic acids is 1. The molecule has 2 aromatic carbocycles. The number of ether oxygens (including phenoxy) is 1. The summed E-state index contributed by atoms with van der Waals surface area (Å²) in [4.78, 5) is 20.4. The maximum absolute atomic E-state index is 13.2. The molecule has 1 saturated heterocycles. The Kier molecular flexibility index (Phi) is 8.23. The van der Waals surface area contributed by atoms with Gasteiger partial charge in [0.05, 0.1) is 5.56 Å². The fourth-order valence-corrected chi connectivity index (χ4v) is 3.40. The molecule has 0 radical (unpaired) electrons. The van der Waals surface area contributed by atoms with Crippen LogP contribution in [0.4, 0.5) is 15.8 Å². The highest BCUT2D eigenvalue weighted by Crippen LogP contribution is 2.18. The van der Waals surface area contributed by atoms with E-state index in [0.29, 0.717) is 25.4 Å². The Balaban J connectivity index is 1.67. The summed E-state index contributed by atoms with van der Waals surface area (Å²) in [6.07, 6.45) is 0.809. The predicted octanol–water partition coefficient (Wildman–Crippen LogP) is 3.54. The van der Waals surface area contributed by atoms with Gasteiger partial charge in [-0.3, -0.25) is 4.99 Å². The van der Waals surface area contributed by atoms with Crippen LogP contribution >= 0.6 is 0 Å². The van der Waals surface area contributed by atoms with Crippen LogP contribution in [0.25, 0.3) is 0 Å². The van der Waals surface area contributed by atoms with Crippen LogP contribution in [0.2, 0.25) is 0 Å². The van der Waals surface area contributed by atoms with Gasteiger partial charge in [0.25, 0.3) is 0 Å². The number of carboxylic acid groups (broad SMARTS) is 1. The second-order valence-corrected chi connectivity index (χ2v) is 7.22. The third-order valence-electron chi connectivity index (χ3n) is 5.05. The van der Waals surface area contributed by atoms with E-state index in [4.69, 9.17) is 9.73 Å². The largest absolute Gasteiger partial charge is 0.478 e. The summed E-state index contributed by atoms with van der Waals surface area (Å²) in [5.41, 5.74) is 1.91. The Morgan fingerprint density at radius 1 is 1.16 bits per heavy atom. The van der Waals surface area contributed by atoms with Crippen molar-refractivity contribution in [2.45, 2.75) is 13.3 Å². The summed E-state index contributed by atoms with van der Waals surface area (Å²) in [5.74, 6) is -0.485. The van der Waals surface area contributed by atoms with Crippen molar-refractivity contribution in [1.29, 1.82) is 0 Å². The van der Waals surface area contributed by atoms with Gasteiger partial charge in [-0.15, -0.1) is 0 Å². The minimum atomic E-state index is -0.966. The molecule has 8 heteroatoms. The first-order chi connectivity index (χ1) is 15.1. The lowest BCUT2D eigenvalue weighted by Gasteiger charge is -2.37. The van der Waals surface area contributed by atoms with E-state index in [9.17, 15) is 14.3 Å². The summed E-state index contributed by atoms with van der Waals surface area (Å²) in [6.45, 7) is 6.95. The lowest BCUT2D eigenvalue weighted by atomic mass is 10.2. The molecule has 31 heavy (non-hydrogen) atoms. The van der Waals surface area contributed by atoms with Crippen LogP contribution in [0.3, 0.4) is 0 Å². The summed E-state index contributed by atoms with van der Waals surface area (Å²) < 4.78 is 18.6. The van der Waals surface area contributed by atoms with E-state index in [0.717, 1.165) is 44.2 Å². The van der Waals surface area contributed by atoms with Crippen molar-refractivity contribution in [1.82, 2.24) is 4.90 Å². The minimum absolute atomic E-state index is 0.224. The van der Waals surface area contributed by atoms with E-state index in [1.807, 2.05) is 13.0 Å². The van der Waals surface area contributed by atoms with Crippen LogP contribution in [0.5, 0.6) is 0 Å². The number of benzene rings is 2. The molecule has 0 unspecified atom stereocenters. The van der Waals surface area contributed by atoms with Crippen LogP contribution in [-0.4, -0.2) is 67.9 Å². The lowest BCUT2D eigenvalue weighted by molar-refractivity contribution is 0.0697. The molecule has 1 fully saturated rings. The first kappa shape index (κ1) is 22.6. The van der Waals surface area contributed by atoms with Gasteiger partial charge in [0.1, 0.15) is 5.82 Å². The predicted molar refractivity (Wildman–Crippen MR) is 121 cm³/mol. The number of halogens is 1. The van der Waals surface area contributed by atoms with Gasteiger partial charge in [-0.25, -0.2) is 9.18 Å². The van der Waals surface area contributed by atoms with Crippen LogP contribution in [0.15, 0.2) is 53.5 Å². The van der Waals surface area contributed by atoms with E-state index in [1.165, 1.54) is 12.1 Å². The SMILES string of the molecule is CCOCCCN=C(Nc1cccc(C(=O)O)c1)N1CCN(c2ccc(F)cc2)CC1. The van der Waals surface area contributed by atoms with E-state index >= 15 is 0 Å². The van der Waals surface area contributed by atoms with Crippen molar-refractivity contribution in [3.8, 4) is 0 Å². The van der Waals surface area contributed by atoms with E-state index < -0.39 is 5.97 Å². The number of piperazine rings is 1. The normalized spacial score (nSPS) is 14.6. The topological polar surface area (TPSA) is 77.4 Å². The molecule has 1 aliphatic rings. The Bertz CT molecular complexity index is 881. The van der Waals surface area contributed by atoms with Gasteiger partial charge in [0, 0.05) is 57.3 Å². The van der Waals surface area contributed by atoms with Crippen LogP contribution in [-0.2, 0) is 4.74 Å². The van der Waals surface area contributed by atoms with Crippen molar-refractivity contribution >= 4 is 23.3 Å². The summed E-state index contributed by atoms with van der Waals surface area (Å²) in [5, 5.41) is 12.6. The first-order valence-corrected chi connectivity index (χ1v) is 10.5. The van der Waals surface area contributed by atoms with Gasteiger partial charge in [0.2, 0.25) is 0 Å². The molecule has 0 aliphatic carbocycles. The fourth-order valence-electron chi connectivity index (χ4n) is 3.40. The van der Waals surface area contributed by atoms with Gasteiger partial charge in [-0.2, -0.15) is 0 Å². The third-order valence-corrected chi connectivity index (χ3v) is 5.05. The molecule has 0 atom stereocenters. The van der Waals surface area contributed by atoms with Gasteiger partial charge in [-0.1, -0.05) is 6.07 Å². The Morgan fingerprint density at radius 2 is 1.90 bits per heavy atom. The Morgan fingerprint density at radius 3 is 2.58 bits per heavy atom. The number of anilines is 2. The van der Waals surface area contributed by atoms with E-state index in [-0.39, 0.29) is 11.4 Å². The molecule has 3 rings (SSSR count). The molecule has 1 aliphatic heterocycles. The van der Waals surface area contributed by atoms with Gasteiger partial charge in [0.15, 0.2) is 5.96 Å². The standard InChI is InChI=1S/C23H29FN4O3/c1-2-31-16-4-11-25-23(26-20-6-3-5-18(17-20)22(29)30)28-14-12-27(13-15-28)21-9-7-19(24)8-10-21/h3,5-10,17H,2,4,11-16H2,1H3,(H,25,26)(H,29,30). The quantitative estimate of drug-likeness (QED) is 0.381. The van der Waals surface area contributed by atoms with Crippen LogP contribution < -0.4 is 10.2 Å².